The molecule has 1 N–H and O–H groups in total. The van der Waals surface area contributed by atoms with Crippen LogP contribution in [0.3, 0.4) is 0 Å². The quantitative estimate of drug-likeness (QED) is 0.822. The molecule has 1 fully saturated rings. The summed E-state index contributed by atoms with van der Waals surface area (Å²) >= 11 is 0. The van der Waals surface area contributed by atoms with Gasteiger partial charge in [0.1, 0.15) is 5.75 Å². The van der Waals surface area contributed by atoms with E-state index in [1.165, 1.54) is 56.4 Å². The fourth-order valence-corrected chi connectivity index (χ4v) is 2.95. The minimum absolute atomic E-state index is 0.425. The highest BCUT2D eigenvalue weighted by molar-refractivity contribution is 5.39. The van der Waals surface area contributed by atoms with Gasteiger partial charge in [0.25, 0.3) is 0 Å². The van der Waals surface area contributed by atoms with Gasteiger partial charge in [-0.3, -0.25) is 0 Å². The Morgan fingerprint density at radius 2 is 2.12 bits per heavy atom. The summed E-state index contributed by atoms with van der Waals surface area (Å²) < 4.78 is 0. The third-order valence-corrected chi connectivity index (χ3v) is 4.00. The predicted molar refractivity (Wildman–Crippen MR) is 64.8 cm³/mol. The van der Waals surface area contributed by atoms with Crippen molar-refractivity contribution in [3.8, 4) is 5.75 Å². The molecule has 1 heterocycles. The van der Waals surface area contributed by atoms with Gasteiger partial charge in [0.05, 0.1) is 0 Å². The van der Waals surface area contributed by atoms with Crippen LogP contribution in [-0.2, 0) is 6.42 Å². The molecule has 1 atom stereocenters. The fraction of sp³-hybridized carbons (Fsp3) is 0.571. The van der Waals surface area contributed by atoms with E-state index in [9.17, 15) is 5.11 Å². The van der Waals surface area contributed by atoms with Gasteiger partial charge >= 0.3 is 0 Å². The lowest BCUT2D eigenvalue weighted by Gasteiger charge is -2.36. The standard InChI is InChI=1S/C14H19NO/c16-13-6-5-11-3-1-4-12(14(11)9-13)10-15-7-2-8-15/h5-6,9,12,16H,1-4,7-8,10H2. The molecule has 0 spiro atoms. The Hall–Kier alpha value is -1.02. The van der Waals surface area contributed by atoms with E-state index in [-0.39, 0.29) is 0 Å². The van der Waals surface area contributed by atoms with Gasteiger partial charge in [-0.15, -0.1) is 0 Å². The third-order valence-electron chi connectivity index (χ3n) is 4.00. The lowest BCUT2D eigenvalue weighted by Crippen LogP contribution is -2.40. The molecule has 1 aliphatic carbocycles. The maximum absolute atomic E-state index is 9.60. The summed E-state index contributed by atoms with van der Waals surface area (Å²) in [6.07, 6.45) is 5.13. The third kappa shape index (κ3) is 1.82. The Bertz CT molecular complexity index is 384. The van der Waals surface area contributed by atoms with Crippen molar-refractivity contribution in [1.29, 1.82) is 0 Å². The Labute approximate surface area is 96.9 Å². The molecule has 1 aliphatic heterocycles. The van der Waals surface area contributed by atoms with E-state index < -0.39 is 0 Å². The minimum atomic E-state index is 0.425. The molecule has 0 amide bonds. The van der Waals surface area contributed by atoms with Gasteiger partial charge in [-0.2, -0.15) is 0 Å². The summed E-state index contributed by atoms with van der Waals surface area (Å²) in [5.74, 6) is 1.07. The number of phenols is 1. The molecule has 0 bridgehead atoms. The van der Waals surface area contributed by atoms with Gasteiger partial charge in [0, 0.05) is 6.54 Å². The normalized spacial score (nSPS) is 24.9. The summed E-state index contributed by atoms with van der Waals surface area (Å²) in [4.78, 5) is 2.53. The Balaban J connectivity index is 1.83. The molecule has 0 aromatic heterocycles. The number of likely N-dealkylation sites (tertiary alicyclic amines) is 1. The fourth-order valence-electron chi connectivity index (χ4n) is 2.95. The first-order valence-electron chi connectivity index (χ1n) is 6.37. The second-order valence-electron chi connectivity index (χ2n) is 5.13. The summed E-state index contributed by atoms with van der Waals surface area (Å²) in [5.41, 5.74) is 2.85. The van der Waals surface area contributed by atoms with E-state index in [4.69, 9.17) is 0 Å². The SMILES string of the molecule is Oc1ccc2c(c1)C(CN1CCC1)CCC2. The predicted octanol–water partition coefficient (Wildman–Crippen LogP) is 2.52. The zero-order valence-electron chi connectivity index (χ0n) is 9.65. The molecule has 1 aromatic rings. The van der Waals surface area contributed by atoms with Crippen molar-refractivity contribution in [1.82, 2.24) is 4.90 Å². The average molecular weight is 217 g/mol. The molecule has 86 valence electrons. The van der Waals surface area contributed by atoms with Crippen LogP contribution in [0.4, 0.5) is 0 Å². The van der Waals surface area contributed by atoms with Crippen LogP contribution in [0.25, 0.3) is 0 Å². The van der Waals surface area contributed by atoms with E-state index >= 15 is 0 Å². The average Bonchev–Trinajstić information content (AvgIpc) is 2.23. The van der Waals surface area contributed by atoms with Gasteiger partial charge in [-0.25, -0.2) is 0 Å². The first-order valence-corrected chi connectivity index (χ1v) is 6.37. The molecule has 3 rings (SSSR count). The summed E-state index contributed by atoms with van der Waals surface area (Å²) in [6.45, 7) is 3.73. The first-order chi connectivity index (χ1) is 7.83. The van der Waals surface area contributed by atoms with Crippen LogP contribution in [0, 0.1) is 0 Å². The zero-order valence-corrected chi connectivity index (χ0v) is 9.65. The van der Waals surface area contributed by atoms with E-state index in [0.717, 1.165) is 0 Å². The summed E-state index contributed by atoms with van der Waals surface area (Å²) in [5, 5.41) is 9.60. The van der Waals surface area contributed by atoms with Gasteiger partial charge < -0.3 is 10.0 Å². The van der Waals surface area contributed by atoms with Crippen LogP contribution < -0.4 is 0 Å². The number of aryl methyl sites for hydroxylation is 1. The maximum atomic E-state index is 9.60. The van der Waals surface area contributed by atoms with Crippen molar-refractivity contribution < 1.29 is 5.11 Å². The number of fused-ring (bicyclic) bond motifs is 1. The number of hydrogen-bond acceptors (Lipinski definition) is 2. The number of nitrogens with zero attached hydrogens (tertiary/aromatic N) is 1. The van der Waals surface area contributed by atoms with E-state index in [2.05, 4.69) is 11.0 Å². The van der Waals surface area contributed by atoms with Crippen LogP contribution in [0.1, 0.15) is 36.3 Å². The Morgan fingerprint density at radius 1 is 1.25 bits per heavy atom. The Morgan fingerprint density at radius 3 is 2.88 bits per heavy atom. The van der Waals surface area contributed by atoms with Crippen molar-refractivity contribution in [2.45, 2.75) is 31.6 Å². The molecule has 1 unspecified atom stereocenters. The second-order valence-corrected chi connectivity index (χ2v) is 5.13. The lowest BCUT2D eigenvalue weighted by atomic mass is 9.82. The van der Waals surface area contributed by atoms with Crippen molar-refractivity contribution >= 4 is 0 Å². The van der Waals surface area contributed by atoms with Crippen LogP contribution in [-0.4, -0.2) is 29.6 Å². The Kier molecular flexibility index (Phi) is 2.60. The highest BCUT2D eigenvalue weighted by atomic mass is 16.3. The number of benzene rings is 1. The molecule has 2 aliphatic rings. The summed E-state index contributed by atoms with van der Waals surface area (Å²) in [7, 11) is 0. The molecule has 1 saturated heterocycles. The lowest BCUT2D eigenvalue weighted by molar-refractivity contribution is 0.165. The van der Waals surface area contributed by atoms with Gasteiger partial charge in [-0.05, 0) is 68.0 Å². The zero-order chi connectivity index (χ0) is 11.0. The van der Waals surface area contributed by atoms with E-state index in [0.29, 0.717) is 11.7 Å². The van der Waals surface area contributed by atoms with Crippen LogP contribution in [0.2, 0.25) is 0 Å². The van der Waals surface area contributed by atoms with Crippen molar-refractivity contribution in [2.75, 3.05) is 19.6 Å². The topological polar surface area (TPSA) is 23.5 Å². The molecular formula is C14H19NO. The summed E-state index contributed by atoms with van der Waals surface area (Å²) in [6, 6.07) is 5.91. The molecule has 16 heavy (non-hydrogen) atoms. The van der Waals surface area contributed by atoms with Gasteiger partial charge in [0.2, 0.25) is 0 Å². The second kappa shape index (κ2) is 4.10. The van der Waals surface area contributed by atoms with Crippen LogP contribution in [0.15, 0.2) is 18.2 Å². The molecule has 2 heteroatoms. The number of hydrogen-bond donors (Lipinski definition) is 1. The van der Waals surface area contributed by atoms with E-state index in [1.807, 2.05) is 12.1 Å². The monoisotopic (exact) mass is 217 g/mol. The molecule has 2 nitrogen and oxygen atoms in total. The van der Waals surface area contributed by atoms with Crippen molar-refractivity contribution in [3.63, 3.8) is 0 Å². The smallest absolute Gasteiger partial charge is 0.115 e. The number of rotatable bonds is 2. The molecule has 0 saturated carbocycles. The van der Waals surface area contributed by atoms with Gasteiger partial charge in [0.15, 0.2) is 0 Å². The number of aromatic hydroxyl groups is 1. The van der Waals surface area contributed by atoms with Crippen molar-refractivity contribution in [2.24, 2.45) is 0 Å². The largest absolute Gasteiger partial charge is 0.508 e. The molecule has 0 radical (unpaired) electrons. The van der Waals surface area contributed by atoms with Crippen LogP contribution in [0.5, 0.6) is 5.75 Å². The maximum Gasteiger partial charge on any atom is 0.115 e. The van der Waals surface area contributed by atoms with Crippen LogP contribution >= 0.6 is 0 Å². The van der Waals surface area contributed by atoms with Gasteiger partial charge in [-0.1, -0.05) is 6.07 Å². The molecule has 1 aromatic carbocycles. The van der Waals surface area contributed by atoms with E-state index in [1.54, 1.807) is 0 Å². The first kappa shape index (κ1) is 10.2. The number of phenolic OH excluding ortho intramolecular Hbond substituents is 1. The minimum Gasteiger partial charge on any atom is -0.508 e. The van der Waals surface area contributed by atoms with Crippen molar-refractivity contribution in [3.05, 3.63) is 29.3 Å². The highest BCUT2D eigenvalue weighted by Gasteiger charge is 2.24. The molecular weight excluding hydrogens is 198 g/mol. The highest BCUT2D eigenvalue weighted by Crippen LogP contribution is 2.34.